The number of phenolic OH excluding ortho intramolecular Hbond substituents is 1. The quantitative estimate of drug-likeness (QED) is 0.815. The number of fused-ring (bicyclic) bond motifs is 1. The smallest absolute Gasteiger partial charge is 0.307 e. The molecular formula is C17H23NO5. The Kier molecular flexibility index (Phi) is 5.13. The minimum Gasteiger partial charge on any atom is -0.508 e. The van der Waals surface area contributed by atoms with Gasteiger partial charge in [-0.05, 0) is 31.9 Å². The first-order valence-corrected chi connectivity index (χ1v) is 7.97. The second-order valence-corrected chi connectivity index (χ2v) is 5.47. The summed E-state index contributed by atoms with van der Waals surface area (Å²) < 4.78 is 10.9. The summed E-state index contributed by atoms with van der Waals surface area (Å²) in [6.07, 6.45) is 1.15. The van der Waals surface area contributed by atoms with Crippen LogP contribution in [0.15, 0.2) is 18.2 Å². The summed E-state index contributed by atoms with van der Waals surface area (Å²) in [5.74, 6) is 0.0359. The Morgan fingerprint density at radius 1 is 1.30 bits per heavy atom. The number of benzene rings is 1. The molecule has 1 amide bonds. The van der Waals surface area contributed by atoms with E-state index in [0.717, 1.165) is 0 Å². The fourth-order valence-electron chi connectivity index (χ4n) is 2.77. The number of anilines is 1. The predicted molar refractivity (Wildman–Crippen MR) is 85.7 cm³/mol. The van der Waals surface area contributed by atoms with Gasteiger partial charge in [-0.25, -0.2) is 0 Å². The van der Waals surface area contributed by atoms with Gasteiger partial charge in [0.05, 0.1) is 18.7 Å². The molecular weight excluding hydrogens is 298 g/mol. The van der Waals surface area contributed by atoms with Crippen LogP contribution >= 0.6 is 0 Å². The molecule has 0 fully saturated rings. The number of hydrogen-bond acceptors (Lipinski definition) is 5. The number of phenols is 1. The highest BCUT2D eigenvalue weighted by atomic mass is 16.5. The Labute approximate surface area is 136 Å². The van der Waals surface area contributed by atoms with Gasteiger partial charge in [-0.2, -0.15) is 0 Å². The molecule has 0 aromatic heterocycles. The number of hydrogen-bond donors (Lipinski definition) is 1. The van der Waals surface area contributed by atoms with Crippen LogP contribution in [-0.2, 0) is 14.3 Å². The standard InChI is InChI=1S/C17H23NO5/c1-4-17(5-2)16(21)18(10-9-15(20)22-6-3)13-11-12(19)7-8-14(13)23-17/h7-8,11,19H,4-6,9-10H2,1-3H3. The van der Waals surface area contributed by atoms with Gasteiger partial charge in [-0.1, -0.05) is 13.8 Å². The molecule has 6 heteroatoms. The number of nitrogens with zero attached hydrogens (tertiary/aromatic N) is 1. The molecule has 2 rings (SSSR count). The maximum atomic E-state index is 12.9. The highest BCUT2D eigenvalue weighted by Crippen LogP contribution is 2.42. The lowest BCUT2D eigenvalue weighted by molar-refractivity contribution is -0.143. The van der Waals surface area contributed by atoms with E-state index in [0.29, 0.717) is 30.9 Å². The lowest BCUT2D eigenvalue weighted by Gasteiger charge is -2.41. The molecule has 0 radical (unpaired) electrons. The first-order valence-electron chi connectivity index (χ1n) is 7.97. The van der Waals surface area contributed by atoms with Crippen LogP contribution in [0.2, 0.25) is 0 Å². The highest BCUT2D eigenvalue weighted by molar-refractivity contribution is 6.03. The fraction of sp³-hybridized carbons (Fsp3) is 0.529. The molecule has 23 heavy (non-hydrogen) atoms. The van der Waals surface area contributed by atoms with E-state index in [-0.39, 0.29) is 30.6 Å². The van der Waals surface area contributed by atoms with Gasteiger partial charge in [0.15, 0.2) is 5.60 Å². The summed E-state index contributed by atoms with van der Waals surface area (Å²) in [5.41, 5.74) is -0.449. The molecule has 1 aliphatic heterocycles. The van der Waals surface area contributed by atoms with Crippen molar-refractivity contribution < 1.29 is 24.2 Å². The van der Waals surface area contributed by atoms with Gasteiger partial charge in [0.2, 0.25) is 0 Å². The van der Waals surface area contributed by atoms with Crippen molar-refractivity contribution in [1.29, 1.82) is 0 Å². The number of amides is 1. The third kappa shape index (κ3) is 3.25. The van der Waals surface area contributed by atoms with Crippen molar-refractivity contribution >= 4 is 17.6 Å². The Bertz CT molecular complexity index is 595. The summed E-state index contributed by atoms with van der Waals surface area (Å²) in [6.45, 7) is 6.04. The fourth-order valence-corrected chi connectivity index (χ4v) is 2.77. The van der Waals surface area contributed by atoms with Crippen molar-refractivity contribution in [2.45, 2.75) is 45.6 Å². The Morgan fingerprint density at radius 3 is 2.61 bits per heavy atom. The largest absolute Gasteiger partial charge is 0.508 e. The number of ether oxygens (including phenoxy) is 2. The molecule has 0 aliphatic carbocycles. The molecule has 1 aromatic carbocycles. The SMILES string of the molecule is CCOC(=O)CCN1C(=O)C(CC)(CC)Oc2ccc(O)cc21. The van der Waals surface area contributed by atoms with Crippen LogP contribution in [0.3, 0.4) is 0 Å². The van der Waals surface area contributed by atoms with Crippen LogP contribution < -0.4 is 9.64 Å². The lowest BCUT2D eigenvalue weighted by atomic mass is 9.92. The van der Waals surface area contributed by atoms with E-state index in [1.54, 1.807) is 13.0 Å². The van der Waals surface area contributed by atoms with Crippen LogP contribution in [0, 0.1) is 0 Å². The maximum Gasteiger partial charge on any atom is 0.307 e. The number of rotatable bonds is 6. The summed E-state index contributed by atoms with van der Waals surface area (Å²) in [6, 6.07) is 4.65. The molecule has 1 aliphatic rings. The number of aromatic hydroxyl groups is 1. The highest BCUT2D eigenvalue weighted by Gasteiger charge is 2.45. The molecule has 0 unspecified atom stereocenters. The van der Waals surface area contributed by atoms with Gasteiger partial charge in [-0.15, -0.1) is 0 Å². The van der Waals surface area contributed by atoms with Crippen LogP contribution in [0.25, 0.3) is 0 Å². The number of esters is 1. The predicted octanol–water partition coefficient (Wildman–Crippen LogP) is 2.63. The second kappa shape index (κ2) is 6.89. The minimum atomic E-state index is -0.932. The molecule has 1 N–H and O–H groups in total. The molecule has 126 valence electrons. The Morgan fingerprint density at radius 2 is 2.00 bits per heavy atom. The molecule has 1 heterocycles. The van der Waals surface area contributed by atoms with Crippen molar-refractivity contribution in [1.82, 2.24) is 0 Å². The average molecular weight is 321 g/mol. The second-order valence-electron chi connectivity index (χ2n) is 5.47. The van der Waals surface area contributed by atoms with Crippen molar-refractivity contribution in [3.63, 3.8) is 0 Å². The van der Waals surface area contributed by atoms with Gasteiger partial charge < -0.3 is 19.5 Å². The normalized spacial score (nSPS) is 15.8. The van der Waals surface area contributed by atoms with E-state index < -0.39 is 5.60 Å². The lowest BCUT2D eigenvalue weighted by Crippen LogP contribution is -2.56. The third-order valence-electron chi connectivity index (χ3n) is 4.16. The van der Waals surface area contributed by atoms with Crippen molar-refractivity contribution in [2.24, 2.45) is 0 Å². The van der Waals surface area contributed by atoms with Gasteiger partial charge in [-0.3, -0.25) is 9.59 Å². The van der Waals surface area contributed by atoms with Crippen molar-refractivity contribution in [3.8, 4) is 11.5 Å². The molecule has 0 atom stereocenters. The molecule has 0 saturated heterocycles. The maximum absolute atomic E-state index is 12.9. The Balaban J connectivity index is 2.35. The zero-order valence-corrected chi connectivity index (χ0v) is 13.8. The number of carbonyl (C=O) groups excluding carboxylic acids is 2. The van der Waals surface area contributed by atoms with Crippen LogP contribution in [0.5, 0.6) is 11.5 Å². The average Bonchev–Trinajstić information content (AvgIpc) is 2.54. The summed E-state index contributed by atoms with van der Waals surface area (Å²) in [4.78, 5) is 26.1. The van der Waals surface area contributed by atoms with Gasteiger partial charge in [0.25, 0.3) is 5.91 Å². The van der Waals surface area contributed by atoms with Crippen LogP contribution in [0.1, 0.15) is 40.0 Å². The minimum absolute atomic E-state index is 0.0433. The van der Waals surface area contributed by atoms with Gasteiger partial charge in [0, 0.05) is 12.6 Å². The van der Waals surface area contributed by atoms with E-state index in [2.05, 4.69) is 0 Å². The van der Waals surface area contributed by atoms with E-state index in [4.69, 9.17) is 9.47 Å². The van der Waals surface area contributed by atoms with Crippen molar-refractivity contribution in [2.75, 3.05) is 18.1 Å². The third-order valence-corrected chi connectivity index (χ3v) is 4.16. The molecule has 0 bridgehead atoms. The zero-order chi connectivity index (χ0) is 17.0. The van der Waals surface area contributed by atoms with Crippen molar-refractivity contribution in [3.05, 3.63) is 18.2 Å². The van der Waals surface area contributed by atoms with E-state index >= 15 is 0 Å². The topological polar surface area (TPSA) is 76.1 Å². The monoisotopic (exact) mass is 321 g/mol. The molecule has 0 spiro atoms. The summed E-state index contributed by atoms with van der Waals surface area (Å²) in [7, 11) is 0. The van der Waals surface area contributed by atoms with Gasteiger partial charge in [0.1, 0.15) is 11.5 Å². The number of carbonyl (C=O) groups is 2. The van der Waals surface area contributed by atoms with Gasteiger partial charge >= 0.3 is 5.97 Å². The molecule has 6 nitrogen and oxygen atoms in total. The van der Waals surface area contributed by atoms with Crippen LogP contribution in [-0.4, -0.2) is 35.7 Å². The Hall–Kier alpha value is -2.24. The first-order chi connectivity index (χ1) is 11.0. The summed E-state index contributed by atoms with van der Waals surface area (Å²) >= 11 is 0. The molecule has 0 saturated carbocycles. The van der Waals surface area contributed by atoms with E-state index in [1.807, 2.05) is 13.8 Å². The van der Waals surface area contributed by atoms with E-state index in [9.17, 15) is 14.7 Å². The zero-order valence-electron chi connectivity index (χ0n) is 13.8. The van der Waals surface area contributed by atoms with E-state index in [1.165, 1.54) is 17.0 Å². The van der Waals surface area contributed by atoms with Crippen LogP contribution in [0.4, 0.5) is 5.69 Å². The first kappa shape index (κ1) is 17.1. The summed E-state index contributed by atoms with van der Waals surface area (Å²) in [5, 5.41) is 9.71. The molecule has 1 aromatic rings.